The Morgan fingerprint density at radius 3 is 2.38 bits per heavy atom. The monoisotopic (exact) mass is 347 g/mol. The molecule has 0 amide bonds. The number of hydrogen-bond acceptors (Lipinski definition) is 5. The predicted octanol–water partition coefficient (Wildman–Crippen LogP) is 3.18. The number of carbonyl (C=O) groups is 1. The molecule has 0 aliphatic heterocycles. The maximum absolute atomic E-state index is 13.1. The number of nitrogens with two attached hydrogens (primary N) is 1. The molecule has 1 aromatic heterocycles. The zero-order valence-electron chi connectivity index (χ0n) is 14.4. The van der Waals surface area contributed by atoms with Crippen LogP contribution in [0, 0.1) is 11.3 Å². The van der Waals surface area contributed by atoms with Crippen LogP contribution in [0.3, 0.4) is 0 Å². The first-order valence-electron chi connectivity index (χ1n) is 7.83. The number of carbonyl (C=O) groups excluding carboxylic acids is 1. The molecule has 1 heterocycles. The third-order valence-electron chi connectivity index (χ3n) is 4.06. The molecule has 3 rings (SSSR count). The number of nitrogens with zero attached hydrogens (tertiary/aromatic N) is 2. The number of nitriles is 1. The van der Waals surface area contributed by atoms with Crippen molar-refractivity contribution in [1.82, 2.24) is 4.57 Å². The van der Waals surface area contributed by atoms with E-state index in [0.717, 1.165) is 0 Å². The number of ether oxygens (including phenoxy) is 2. The van der Waals surface area contributed by atoms with Crippen LogP contribution in [0.4, 0.5) is 5.69 Å². The number of rotatable bonds is 5. The van der Waals surface area contributed by atoms with E-state index < -0.39 is 0 Å². The molecule has 6 heteroatoms. The Labute approximate surface area is 151 Å². The van der Waals surface area contributed by atoms with E-state index in [1.54, 1.807) is 67.4 Å². The summed E-state index contributed by atoms with van der Waals surface area (Å²) in [7, 11) is 3.12. The molecule has 0 aliphatic carbocycles. The smallest absolute Gasteiger partial charge is 0.211 e. The Morgan fingerprint density at radius 1 is 1.08 bits per heavy atom. The highest BCUT2D eigenvalue weighted by atomic mass is 16.5. The SMILES string of the molecule is COc1ccc(C(=O)c2c(N)c(C#N)cn2-c2cccc(OC)c2)cc1. The maximum Gasteiger partial charge on any atom is 0.211 e. The summed E-state index contributed by atoms with van der Waals surface area (Å²) in [5, 5.41) is 9.33. The van der Waals surface area contributed by atoms with E-state index in [0.29, 0.717) is 22.7 Å². The lowest BCUT2D eigenvalue weighted by Gasteiger charge is -2.11. The lowest BCUT2D eigenvalue weighted by Crippen LogP contribution is -2.11. The Kier molecular flexibility index (Phi) is 4.63. The summed E-state index contributed by atoms with van der Waals surface area (Å²) >= 11 is 0. The van der Waals surface area contributed by atoms with Gasteiger partial charge in [-0.2, -0.15) is 5.26 Å². The first-order chi connectivity index (χ1) is 12.6. The van der Waals surface area contributed by atoms with Crippen molar-refractivity contribution in [2.45, 2.75) is 0 Å². The molecule has 2 N–H and O–H groups in total. The van der Waals surface area contributed by atoms with Crippen molar-refractivity contribution in [3.8, 4) is 23.3 Å². The predicted molar refractivity (Wildman–Crippen MR) is 97.9 cm³/mol. The van der Waals surface area contributed by atoms with Crippen LogP contribution in [0.1, 0.15) is 21.6 Å². The van der Waals surface area contributed by atoms with Gasteiger partial charge in [-0.05, 0) is 36.4 Å². The van der Waals surface area contributed by atoms with Crippen LogP contribution in [-0.4, -0.2) is 24.6 Å². The van der Waals surface area contributed by atoms with Gasteiger partial charge in [0.25, 0.3) is 0 Å². The first kappa shape index (κ1) is 17.1. The molecule has 0 spiro atoms. The summed E-state index contributed by atoms with van der Waals surface area (Å²) in [5.41, 5.74) is 7.85. The van der Waals surface area contributed by atoms with E-state index in [1.165, 1.54) is 0 Å². The normalized spacial score (nSPS) is 10.2. The number of nitrogen functional groups attached to an aromatic ring is 1. The van der Waals surface area contributed by atoms with Crippen molar-refractivity contribution in [2.24, 2.45) is 0 Å². The number of anilines is 1. The molecule has 0 atom stereocenters. The lowest BCUT2D eigenvalue weighted by molar-refractivity contribution is 0.103. The molecular formula is C20H17N3O3. The fourth-order valence-corrected chi connectivity index (χ4v) is 2.68. The van der Waals surface area contributed by atoms with Crippen LogP contribution in [0.2, 0.25) is 0 Å². The van der Waals surface area contributed by atoms with Gasteiger partial charge in [-0.3, -0.25) is 4.79 Å². The molecule has 6 nitrogen and oxygen atoms in total. The van der Waals surface area contributed by atoms with Crippen LogP contribution < -0.4 is 15.2 Å². The van der Waals surface area contributed by atoms with Gasteiger partial charge in [0.2, 0.25) is 5.78 Å². The molecular weight excluding hydrogens is 330 g/mol. The largest absolute Gasteiger partial charge is 0.497 e. The Hall–Kier alpha value is -3.72. The number of aromatic nitrogens is 1. The molecule has 26 heavy (non-hydrogen) atoms. The zero-order valence-corrected chi connectivity index (χ0v) is 14.4. The third kappa shape index (κ3) is 2.98. The number of benzene rings is 2. The lowest BCUT2D eigenvalue weighted by atomic mass is 10.1. The highest BCUT2D eigenvalue weighted by molar-refractivity contribution is 6.12. The minimum Gasteiger partial charge on any atom is -0.497 e. The van der Waals surface area contributed by atoms with Crippen molar-refractivity contribution < 1.29 is 14.3 Å². The van der Waals surface area contributed by atoms with Gasteiger partial charge in [-0.15, -0.1) is 0 Å². The fourth-order valence-electron chi connectivity index (χ4n) is 2.68. The van der Waals surface area contributed by atoms with Gasteiger partial charge >= 0.3 is 0 Å². The summed E-state index contributed by atoms with van der Waals surface area (Å²) in [6, 6.07) is 15.9. The van der Waals surface area contributed by atoms with Gasteiger partial charge in [0, 0.05) is 23.5 Å². The highest BCUT2D eigenvalue weighted by Crippen LogP contribution is 2.28. The van der Waals surface area contributed by atoms with Crippen LogP contribution in [0.25, 0.3) is 5.69 Å². The highest BCUT2D eigenvalue weighted by Gasteiger charge is 2.22. The zero-order chi connectivity index (χ0) is 18.7. The Balaban J connectivity index is 2.14. The molecule has 130 valence electrons. The number of hydrogen-bond donors (Lipinski definition) is 1. The maximum atomic E-state index is 13.1. The minimum atomic E-state index is -0.283. The average molecular weight is 347 g/mol. The second kappa shape index (κ2) is 7.03. The van der Waals surface area contributed by atoms with E-state index >= 15 is 0 Å². The Morgan fingerprint density at radius 2 is 1.77 bits per heavy atom. The van der Waals surface area contributed by atoms with Crippen molar-refractivity contribution in [3.63, 3.8) is 0 Å². The molecule has 0 saturated carbocycles. The van der Waals surface area contributed by atoms with Crippen molar-refractivity contribution in [1.29, 1.82) is 5.26 Å². The minimum absolute atomic E-state index is 0.149. The molecule has 2 aromatic carbocycles. The van der Waals surface area contributed by atoms with Crippen LogP contribution in [0.15, 0.2) is 54.7 Å². The van der Waals surface area contributed by atoms with Crippen LogP contribution in [0.5, 0.6) is 11.5 Å². The van der Waals surface area contributed by atoms with Crippen molar-refractivity contribution >= 4 is 11.5 Å². The molecule has 0 bridgehead atoms. The molecule has 0 saturated heterocycles. The first-order valence-corrected chi connectivity index (χ1v) is 7.83. The van der Waals surface area contributed by atoms with Gasteiger partial charge in [0.15, 0.2) is 0 Å². The van der Waals surface area contributed by atoms with Crippen LogP contribution in [-0.2, 0) is 0 Å². The van der Waals surface area contributed by atoms with Gasteiger partial charge in [0.1, 0.15) is 23.3 Å². The molecule has 0 fully saturated rings. The second-order valence-corrected chi connectivity index (χ2v) is 5.55. The van der Waals surface area contributed by atoms with E-state index in [2.05, 4.69) is 0 Å². The summed E-state index contributed by atoms with van der Waals surface area (Å²) in [6.45, 7) is 0. The third-order valence-corrected chi connectivity index (χ3v) is 4.06. The summed E-state index contributed by atoms with van der Waals surface area (Å²) in [4.78, 5) is 13.1. The summed E-state index contributed by atoms with van der Waals surface area (Å²) < 4.78 is 12.0. The number of methoxy groups -OCH3 is 2. The van der Waals surface area contributed by atoms with Gasteiger partial charge in [-0.25, -0.2) is 0 Å². The average Bonchev–Trinajstić information content (AvgIpc) is 3.03. The van der Waals surface area contributed by atoms with Gasteiger partial charge in [0.05, 0.1) is 25.5 Å². The number of ketones is 1. The van der Waals surface area contributed by atoms with Crippen molar-refractivity contribution in [3.05, 3.63) is 71.5 Å². The van der Waals surface area contributed by atoms with Gasteiger partial charge in [-0.1, -0.05) is 6.07 Å². The Bertz CT molecular complexity index is 998. The molecule has 0 radical (unpaired) electrons. The topological polar surface area (TPSA) is 90.3 Å². The van der Waals surface area contributed by atoms with Gasteiger partial charge < -0.3 is 19.8 Å². The van der Waals surface area contributed by atoms with E-state index in [-0.39, 0.29) is 22.7 Å². The fraction of sp³-hybridized carbons (Fsp3) is 0.100. The van der Waals surface area contributed by atoms with Crippen LogP contribution >= 0.6 is 0 Å². The quantitative estimate of drug-likeness (QED) is 0.716. The molecule has 3 aromatic rings. The van der Waals surface area contributed by atoms with E-state index in [1.807, 2.05) is 12.1 Å². The summed E-state index contributed by atoms with van der Waals surface area (Å²) in [5.74, 6) is 1.00. The second-order valence-electron chi connectivity index (χ2n) is 5.55. The molecule has 0 unspecified atom stereocenters. The molecule has 0 aliphatic rings. The standard InChI is InChI=1S/C20H17N3O3/c1-25-16-8-6-13(7-9-16)20(24)19-18(22)14(11-21)12-23(19)15-4-3-5-17(10-15)26-2/h3-10,12H,22H2,1-2H3. The van der Waals surface area contributed by atoms with E-state index in [4.69, 9.17) is 15.2 Å². The van der Waals surface area contributed by atoms with E-state index in [9.17, 15) is 10.1 Å². The van der Waals surface area contributed by atoms with Crippen molar-refractivity contribution in [2.75, 3.05) is 20.0 Å². The summed E-state index contributed by atoms with van der Waals surface area (Å²) in [6.07, 6.45) is 1.56.